The van der Waals surface area contributed by atoms with Crippen LogP contribution in [0.4, 0.5) is 5.69 Å². The molecule has 10 heteroatoms. The maximum absolute atomic E-state index is 13.5. The molecule has 1 aliphatic rings. The summed E-state index contributed by atoms with van der Waals surface area (Å²) in [6, 6.07) is 18.5. The van der Waals surface area contributed by atoms with Gasteiger partial charge in [-0.05, 0) is 77.4 Å². The molecule has 1 aliphatic heterocycles. The van der Waals surface area contributed by atoms with Gasteiger partial charge in [0.25, 0.3) is 5.91 Å². The van der Waals surface area contributed by atoms with Crippen LogP contribution < -0.4 is 19.7 Å². The predicted molar refractivity (Wildman–Crippen MR) is 163 cm³/mol. The number of amides is 1. The minimum Gasteiger partial charge on any atom is -0.480 e. The lowest BCUT2D eigenvalue weighted by atomic mass is 9.93. The van der Waals surface area contributed by atoms with Crippen LogP contribution in [-0.4, -0.2) is 51.8 Å². The molecule has 2 heterocycles. The standard InChI is InChI=1S/C32H32N4O5S/c1-21-5-3-4-6-25(21)27-13-22(7-9-26(27)31(37)35-28(32(38)39)11-12-42-2)17-36(24-15-33-19-34-16-24)18-23-8-10-29-30(14-23)41-20-40-29/h3-10,13-16,19,28H,11-12,17-18,20H2,1-2H3,(H,35,37)(H,38,39)/t28-/m0/s1. The van der Waals surface area contributed by atoms with Gasteiger partial charge in [-0.25, -0.2) is 14.8 Å². The first-order valence-corrected chi connectivity index (χ1v) is 14.9. The Kier molecular flexibility index (Phi) is 9.23. The van der Waals surface area contributed by atoms with Crippen molar-refractivity contribution in [2.75, 3.05) is 23.7 Å². The second-order valence-corrected chi connectivity index (χ2v) is 11.0. The molecule has 9 nitrogen and oxygen atoms in total. The highest BCUT2D eigenvalue weighted by atomic mass is 32.2. The van der Waals surface area contributed by atoms with Crippen molar-refractivity contribution in [2.24, 2.45) is 0 Å². The summed E-state index contributed by atoms with van der Waals surface area (Å²) in [5.74, 6) is 0.607. The van der Waals surface area contributed by atoms with Crippen LogP contribution in [0, 0.1) is 6.92 Å². The number of ether oxygens (including phenoxy) is 2. The first-order valence-electron chi connectivity index (χ1n) is 13.5. The number of nitrogens with zero attached hydrogens (tertiary/aromatic N) is 3. The number of hydrogen-bond acceptors (Lipinski definition) is 8. The van der Waals surface area contributed by atoms with Crippen molar-refractivity contribution in [2.45, 2.75) is 32.5 Å². The van der Waals surface area contributed by atoms with Crippen molar-refractivity contribution in [3.63, 3.8) is 0 Å². The van der Waals surface area contributed by atoms with Crippen LogP contribution in [-0.2, 0) is 17.9 Å². The molecule has 1 amide bonds. The highest BCUT2D eigenvalue weighted by Crippen LogP contribution is 2.34. The molecular weight excluding hydrogens is 552 g/mol. The van der Waals surface area contributed by atoms with Crippen molar-refractivity contribution < 1.29 is 24.2 Å². The van der Waals surface area contributed by atoms with Gasteiger partial charge in [-0.3, -0.25) is 4.79 Å². The summed E-state index contributed by atoms with van der Waals surface area (Å²) < 4.78 is 11.0. The summed E-state index contributed by atoms with van der Waals surface area (Å²) in [7, 11) is 0. The number of rotatable bonds is 12. The third-order valence-corrected chi connectivity index (χ3v) is 7.72. The number of carboxylic acids is 1. The van der Waals surface area contributed by atoms with Gasteiger partial charge in [0.05, 0.1) is 18.1 Å². The Bertz CT molecular complexity index is 1570. The number of thioether (sulfide) groups is 1. The Morgan fingerprint density at radius 2 is 1.69 bits per heavy atom. The Hall–Kier alpha value is -4.57. The molecule has 0 aliphatic carbocycles. The molecule has 0 fully saturated rings. The molecule has 4 aromatic rings. The number of fused-ring (bicyclic) bond motifs is 1. The zero-order chi connectivity index (χ0) is 29.5. The first-order chi connectivity index (χ1) is 20.4. The quantitative estimate of drug-likeness (QED) is 0.228. The summed E-state index contributed by atoms with van der Waals surface area (Å²) >= 11 is 1.54. The van der Waals surface area contributed by atoms with Crippen LogP contribution in [0.3, 0.4) is 0 Å². The van der Waals surface area contributed by atoms with Gasteiger partial charge in [0.2, 0.25) is 6.79 Å². The number of nitrogens with one attached hydrogen (secondary N) is 1. The van der Waals surface area contributed by atoms with E-state index in [1.54, 1.807) is 30.2 Å². The van der Waals surface area contributed by atoms with Crippen LogP contribution in [0.25, 0.3) is 11.1 Å². The lowest BCUT2D eigenvalue weighted by Crippen LogP contribution is -2.41. The molecule has 1 aromatic heterocycles. The van der Waals surface area contributed by atoms with Crippen LogP contribution in [0.2, 0.25) is 0 Å². The van der Waals surface area contributed by atoms with E-state index in [1.165, 1.54) is 6.33 Å². The van der Waals surface area contributed by atoms with Gasteiger partial charge in [-0.15, -0.1) is 0 Å². The minimum atomic E-state index is -1.05. The lowest BCUT2D eigenvalue weighted by Gasteiger charge is -2.25. The molecule has 0 radical (unpaired) electrons. The number of aryl methyl sites for hydroxylation is 1. The molecule has 216 valence electrons. The first kappa shape index (κ1) is 28.9. The highest BCUT2D eigenvalue weighted by Gasteiger charge is 2.23. The molecule has 0 spiro atoms. The van der Waals surface area contributed by atoms with Gasteiger partial charge in [0.1, 0.15) is 12.4 Å². The molecule has 5 rings (SSSR count). The second kappa shape index (κ2) is 13.4. The zero-order valence-corrected chi connectivity index (χ0v) is 24.3. The van der Waals surface area contributed by atoms with E-state index in [0.29, 0.717) is 36.6 Å². The Morgan fingerprint density at radius 3 is 2.43 bits per heavy atom. The summed E-state index contributed by atoms with van der Waals surface area (Å²) in [6.07, 6.45) is 7.28. The Morgan fingerprint density at radius 1 is 0.976 bits per heavy atom. The number of carbonyl (C=O) groups excluding carboxylic acids is 1. The number of aromatic nitrogens is 2. The maximum atomic E-state index is 13.5. The monoisotopic (exact) mass is 584 g/mol. The molecule has 0 bridgehead atoms. The number of carboxylic acid groups (broad SMARTS) is 1. The van der Waals surface area contributed by atoms with E-state index in [0.717, 1.165) is 39.3 Å². The molecule has 3 aromatic carbocycles. The van der Waals surface area contributed by atoms with Crippen LogP contribution in [0.5, 0.6) is 11.5 Å². The third-order valence-electron chi connectivity index (χ3n) is 7.07. The Labute approximate surface area is 248 Å². The van der Waals surface area contributed by atoms with E-state index in [2.05, 4.69) is 20.2 Å². The third kappa shape index (κ3) is 6.83. The number of aliphatic carboxylic acids is 1. The molecule has 0 saturated heterocycles. The van der Waals surface area contributed by atoms with Crippen LogP contribution in [0.1, 0.15) is 33.5 Å². The van der Waals surface area contributed by atoms with Gasteiger partial charge in [0.15, 0.2) is 11.5 Å². The van der Waals surface area contributed by atoms with E-state index < -0.39 is 17.9 Å². The van der Waals surface area contributed by atoms with Gasteiger partial charge in [0, 0.05) is 18.7 Å². The maximum Gasteiger partial charge on any atom is 0.326 e. The van der Waals surface area contributed by atoms with E-state index >= 15 is 0 Å². The fourth-order valence-electron chi connectivity index (χ4n) is 4.89. The fourth-order valence-corrected chi connectivity index (χ4v) is 5.36. The molecular formula is C32H32N4O5S. The molecule has 2 N–H and O–H groups in total. The lowest BCUT2D eigenvalue weighted by molar-refractivity contribution is -0.139. The van der Waals surface area contributed by atoms with Crippen molar-refractivity contribution in [3.8, 4) is 22.6 Å². The highest BCUT2D eigenvalue weighted by molar-refractivity contribution is 7.98. The number of hydrogen-bond donors (Lipinski definition) is 2. The predicted octanol–water partition coefficient (Wildman–Crippen LogP) is 5.32. The molecule has 0 saturated carbocycles. The second-order valence-electron chi connectivity index (χ2n) is 9.98. The van der Waals surface area contributed by atoms with Crippen molar-refractivity contribution in [1.82, 2.24) is 15.3 Å². The van der Waals surface area contributed by atoms with Gasteiger partial charge in [-0.1, -0.05) is 36.4 Å². The van der Waals surface area contributed by atoms with Crippen LogP contribution >= 0.6 is 11.8 Å². The van der Waals surface area contributed by atoms with Crippen molar-refractivity contribution in [1.29, 1.82) is 0 Å². The number of anilines is 1. The average molecular weight is 585 g/mol. The van der Waals surface area contributed by atoms with E-state index in [9.17, 15) is 14.7 Å². The van der Waals surface area contributed by atoms with E-state index in [1.807, 2.05) is 67.8 Å². The largest absolute Gasteiger partial charge is 0.480 e. The summed E-state index contributed by atoms with van der Waals surface area (Å²) in [6.45, 7) is 3.27. The van der Waals surface area contributed by atoms with Crippen molar-refractivity contribution in [3.05, 3.63) is 102 Å². The summed E-state index contributed by atoms with van der Waals surface area (Å²) in [4.78, 5) is 35.9. The minimum absolute atomic E-state index is 0.210. The fraction of sp³-hybridized carbons (Fsp3) is 0.250. The molecule has 1 atom stereocenters. The smallest absolute Gasteiger partial charge is 0.326 e. The summed E-state index contributed by atoms with van der Waals surface area (Å²) in [5.41, 5.74) is 5.92. The van der Waals surface area contributed by atoms with Gasteiger partial charge in [-0.2, -0.15) is 11.8 Å². The normalized spacial score (nSPS) is 12.5. The topological polar surface area (TPSA) is 114 Å². The number of carbonyl (C=O) groups is 2. The zero-order valence-electron chi connectivity index (χ0n) is 23.4. The number of benzene rings is 3. The molecule has 0 unspecified atom stereocenters. The van der Waals surface area contributed by atoms with Gasteiger partial charge < -0.3 is 24.8 Å². The summed E-state index contributed by atoms with van der Waals surface area (Å²) in [5, 5.41) is 12.4. The molecule has 42 heavy (non-hydrogen) atoms. The van der Waals surface area contributed by atoms with E-state index in [-0.39, 0.29) is 6.79 Å². The van der Waals surface area contributed by atoms with E-state index in [4.69, 9.17) is 9.47 Å². The van der Waals surface area contributed by atoms with Gasteiger partial charge >= 0.3 is 5.97 Å². The SMILES string of the molecule is CSCC[C@H](NC(=O)c1ccc(CN(Cc2ccc3c(c2)OCO3)c2cncnc2)cc1-c1ccccc1C)C(=O)O. The van der Waals surface area contributed by atoms with Crippen LogP contribution in [0.15, 0.2) is 79.4 Å². The average Bonchev–Trinajstić information content (AvgIpc) is 3.47. The Balaban J connectivity index is 1.48. The van der Waals surface area contributed by atoms with Crippen molar-refractivity contribution >= 4 is 29.3 Å².